The minimum Gasteiger partial charge on any atom is -0.362 e. The molecule has 6 nitrogen and oxygen atoms in total. The molecule has 1 radical (unpaired) electrons. The van der Waals surface area contributed by atoms with E-state index in [4.69, 9.17) is 17.3 Å². The van der Waals surface area contributed by atoms with Crippen LogP contribution in [0.5, 0.6) is 0 Å². The number of pyridine rings is 1. The number of fused-ring (bicyclic) bond motifs is 1. The Morgan fingerprint density at radius 1 is 1.19 bits per heavy atom. The monoisotopic (exact) mass is 381 g/mol. The SMILES string of the molecule is C[C@H](Nc1nc(-c2c[nH]c3ncc(Cl)cc23)ncc1[NH])c1ccc(F)cc1. The molecule has 0 amide bonds. The average Bonchev–Trinajstić information content (AvgIpc) is 3.07. The fourth-order valence-electron chi connectivity index (χ4n) is 2.82. The summed E-state index contributed by atoms with van der Waals surface area (Å²) in [5.41, 5.74) is 10.6. The molecule has 8 heteroatoms. The van der Waals surface area contributed by atoms with E-state index < -0.39 is 0 Å². The summed E-state index contributed by atoms with van der Waals surface area (Å²) in [6.07, 6.45) is 4.77. The van der Waals surface area contributed by atoms with Crippen molar-refractivity contribution in [3.8, 4) is 11.4 Å². The van der Waals surface area contributed by atoms with Crippen molar-refractivity contribution in [2.75, 3.05) is 5.32 Å². The van der Waals surface area contributed by atoms with Crippen LogP contribution in [0, 0.1) is 5.82 Å². The molecule has 4 rings (SSSR count). The maximum absolute atomic E-state index is 13.1. The first kappa shape index (κ1) is 17.2. The average molecular weight is 382 g/mol. The predicted molar refractivity (Wildman–Crippen MR) is 103 cm³/mol. The molecule has 0 bridgehead atoms. The zero-order chi connectivity index (χ0) is 19.0. The van der Waals surface area contributed by atoms with E-state index >= 15 is 0 Å². The molecule has 0 saturated carbocycles. The van der Waals surface area contributed by atoms with E-state index in [-0.39, 0.29) is 17.5 Å². The number of hydrogen-bond donors (Lipinski definition) is 2. The number of aromatic nitrogens is 4. The van der Waals surface area contributed by atoms with Gasteiger partial charge < -0.3 is 10.3 Å². The highest BCUT2D eigenvalue weighted by Gasteiger charge is 2.14. The van der Waals surface area contributed by atoms with Gasteiger partial charge in [-0.1, -0.05) is 23.7 Å². The number of nitrogens with zero attached hydrogens (tertiary/aromatic N) is 3. The van der Waals surface area contributed by atoms with E-state index in [0.29, 0.717) is 22.3 Å². The molecule has 0 aliphatic heterocycles. The van der Waals surface area contributed by atoms with Gasteiger partial charge in [0.05, 0.1) is 17.3 Å². The Bertz CT molecular complexity index is 1110. The molecule has 0 spiro atoms. The number of nitrogens with one attached hydrogen (secondary N) is 3. The van der Waals surface area contributed by atoms with Crippen molar-refractivity contribution >= 4 is 34.1 Å². The second kappa shape index (κ2) is 6.85. The topological polar surface area (TPSA) is 90.3 Å². The van der Waals surface area contributed by atoms with Gasteiger partial charge in [0, 0.05) is 23.3 Å². The smallest absolute Gasteiger partial charge is 0.163 e. The summed E-state index contributed by atoms with van der Waals surface area (Å²) in [6, 6.07) is 7.85. The van der Waals surface area contributed by atoms with Crippen molar-refractivity contribution in [3.05, 3.63) is 65.3 Å². The highest BCUT2D eigenvalue weighted by molar-refractivity contribution is 6.31. The summed E-state index contributed by atoms with van der Waals surface area (Å²) >= 11 is 6.05. The molecule has 4 aromatic rings. The highest BCUT2D eigenvalue weighted by Crippen LogP contribution is 2.30. The van der Waals surface area contributed by atoms with Crippen molar-refractivity contribution in [1.82, 2.24) is 25.7 Å². The third-order valence-electron chi connectivity index (χ3n) is 4.25. The Morgan fingerprint density at radius 3 is 2.74 bits per heavy atom. The molecule has 3 aromatic heterocycles. The standard InChI is InChI=1S/C19H15ClFN6/c1-10(11-2-4-13(21)5-3-11)26-19-16(22)9-25-18(27-19)15-8-24-17-14(15)6-12(20)7-23-17/h2-10,22H,1H3,(H,23,24)(H,25,26,27)/t10-/m0/s1. The number of halogens is 2. The molecule has 0 unspecified atom stereocenters. The van der Waals surface area contributed by atoms with Crippen LogP contribution >= 0.6 is 11.6 Å². The Hall–Kier alpha value is -3.19. The third kappa shape index (κ3) is 3.41. The Balaban J connectivity index is 1.68. The molecule has 0 aliphatic rings. The van der Waals surface area contributed by atoms with Crippen LogP contribution in [0.4, 0.5) is 15.9 Å². The largest absolute Gasteiger partial charge is 0.362 e. The van der Waals surface area contributed by atoms with Gasteiger partial charge in [-0.3, -0.25) is 5.73 Å². The quantitative estimate of drug-likeness (QED) is 0.526. The van der Waals surface area contributed by atoms with Gasteiger partial charge in [-0.15, -0.1) is 0 Å². The lowest BCUT2D eigenvalue weighted by Gasteiger charge is -2.16. The molecule has 0 saturated heterocycles. The van der Waals surface area contributed by atoms with Crippen molar-refractivity contribution in [2.45, 2.75) is 13.0 Å². The number of H-pyrrole nitrogens is 1. The minimum atomic E-state index is -0.289. The first-order chi connectivity index (χ1) is 13.0. The van der Waals surface area contributed by atoms with Crippen molar-refractivity contribution < 1.29 is 4.39 Å². The maximum Gasteiger partial charge on any atom is 0.163 e. The van der Waals surface area contributed by atoms with Crippen LogP contribution in [0.3, 0.4) is 0 Å². The molecule has 135 valence electrons. The van der Waals surface area contributed by atoms with Crippen LogP contribution in [0.1, 0.15) is 18.5 Å². The van der Waals surface area contributed by atoms with Gasteiger partial charge >= 0.3 is 0 Å². The first-order valence-corrected chi connectivity index (χ1v) is 8.62. The van der Waals surface area contributed by atoms with E-state index in [1.54, 1.807) is 30.6 Å². The van der Waals surface area contributed by atoms with E-state index in [0.717, 1.165) is 16.5 Å². The molecule has 0 fully saturated rings. The normalized spacial score (nSPS) is 12.3. The van der Waals surface area contributed by atoms with Crippen molar-refractivity contribution in [2.24, 2.45) is 0 Å². The molecule has 0 aliphatic carbocycles. The Morgan fingerprint density at radius 2 is 1.96 bits per heavy atom. The number of anilines is 1. The van der Waals surface area contributed by atoms with E-state index in [1.807, 2.05) is 6.92 Å². The Labute approximate surface area is 159 Å². The number of aromatic amines is 1. The highest BCUT2D eigenvalue weighted by atomic mass is 35.5. The minimum absolute atomic E-state index is 0.156. The van der Waals surface area contributed by atoms with E-state index in [1.165, 1.54) is 18.3 Å². The van der Waals surface area contributed by atoms with Crippen LogP contribution in [0.2, 0.25) is 5.02 Å². The summed E-state index contributed by atoms with van der Waals surface area (Å²) in [5, 5.41) is 4.52. The summed E-state index contributed by atoms with van der Waals surface area (Å²) in [5.74, 6) is 0.555. The fourth-order valence-corrected chi connectivity index (χ4v) is 2.98. The van der Waals surface area contributed by atoms with Gasteiger partial charge in [0.25, 0.3) is 0 Å². The summed E-state index contributed by atoms with van der Waals surface area (Å²) in [7, 11) is 0. The van der Waals surface area contributed by atoms with Crippen LogP contribution in [0.15, 0.2) is 48.9 Å². The van der Waals surface area contributed by atoms with Gasteiger partial charge in [-0.2, -0.15) is 0 Å². The third-order valence-corrected chi connectivity index (χ3v) is 4.46. The number of rotatable bonds is 4. The van der Waals surface area contributed by atoms with Gasteiger partial charge in [0.15, 0.2) is 11.6 Å². The lowest BCUT2D eigenvalue weighted by atomic mass is 10.1. The molecule has 3 heterocycles. The number of benzene rings is 1. The van der Waals surface area contributed by atoms with Crippen LogP contribution in [-0.2, 0) is 0 Å². The summed E-state index contributed by atoms with van der Waals surface area (Å²) in [6.45, 7) is 1.92. The van der Waals surface area contributed by atoms with Gasteiger partial charge in [-0.05, 0) is 30.7 Å². The zero-order valence-electron chi connectivity index (χ0n) is 14.3. The van der Waals surface area contributed by atoms with Crippen molar-refractivity contribution in [3.63, 3.8) is 0 Å². The molecule has 27 heavy (non-hydrogen) atoms. The number of hydrogen-bond acceptors (Lipinski definition) is 4. The van der Waals surface area contributed by atoms with Gasteiger partial charge in [0.1, 0.15) is 17.2 Å². The molecular weight excluding hydrogens is 367 g/mol. The maximum atomic E-state index is 13.1. The van der Waals surface area contributed by atoms with Crippen LogP contribution in [0.25, 0.3) is 22.4 Å². The fraction of sp³-hybridized carbons (Fsp3) is 0.105. The van der Waals surface area contributed by atoms with Crippen molar-refractivity contribution in [1.29, 1.82) is 0 Å². The second-order valence-electron chi connectivity index (χ2n) is 6.13. The van der Waals surface area contributed by atoms with Gasteiger partial charge in [0.2, 0.25) is 0 Å². The molecule has 3 N–H and O–H groups in total. The zero-order valence-corrected chi connectivity index (χ0v) is 15.0. The first-order valence-electron chi connectivity index (χ1n) is 8.25. The Kier molecular flexibility index (Phi) is 4.37. The molecular formula is C19H15ClFN6. The van der Waals surface area contributed by atoms with Crippen LogP contribution < -0.4 is 11.1 Å². The predicted octanol–water partition coefficient (Wildman–Crippen LogP) is 4.90. The lowest BCUT2D eigenvalue weighted by Crippen LogP contribution is -2.09. The van der Waals surface area contributed by atoms with Gasteiger partial charge in [-0.25, -0.2) is 19.3 Å². The van der Waals surface area contributed by atoms with E-state index in [2.05, 4.69) is 25.3 Å². The second-order valence-corrected chi connectivity index (χ2v) is 6.56. The molecule has 1 aromatic carbocycles. The summed E-state index contributed by atoms with van der Waals surface area (Å²) < 4.78 is 13.1. The summed E-state index contributed by atoms with van der Waals surface area (Å²) in [4.78, 5) is 16.1. The lowest BCUT2D eigenvalue weighted by molar-refractivity contribution is 0.626. The van der Waals surface area contributed by atoms with Crippen LogP contribution in [-0.4, -0.2) is 19.9 Å². The van der Waals surface area contributed by atoms with E-state index in [9.17, 15) is 4.39 Å². The molecule has 1 atom stereocenters.